The summed E-state index contributed by atoms with van der Waals surface area (Å²) in [7, 11) is 1.67. The van der Waals surface area contributed by atoms with Crippen molar-refractivity contribution in [2.24, 2.45) is 0 Å². The summed E-state index contributed by atoms with van der Waals surface area (Å²) in [5, 5.41) is 9.35. The van der Waals surface area contributed by atoms with Gasteiger partial charge in [0.2, 0.25) is 0 Å². The van der Waals surface area contributed by atoms with Crippen LogP contribution in [0.1, 0.15) is 44.7 Å². The molecule has 1 amide bonds. The Morgan fingerprint density at radius 2 is 1.82 bits per heavy atom. The second kappa shape index (κ2) is 9.14. The SMILES string of the molecule is COc1cc(C)c2[nH]c(=O)c3cscc3c2c1-c1ccc(C(C)CNC(=O)OC(C)(C)C)cc1. The van der Waals surface area contributed by atoms with Crippen LogP contribution in [0.4, 0.5) is 4.79 Å². The highest BCUT2D eigenvalue weighted by atomic mass is 32.1. The average molecular weight is 479 g/mol. The zero-order chi connectivity index (χ0) is 24.6. The lowest BCUT2D eigenvalue weighted by atomic mass is 9.92. The lowest BCUT2D eigenvalue weighted by Gasteiger charge is -2.21. The number of carbonyl (C=O) groups is 1. The van der Waals surface area contributed by atoms with E-state index < -0.39 is 11.7 Å². The molecule has 2 heterocycles. The van der Waals surface area contributed by atoms with Crippen molar-refractivity contribution in [1.82, 2.24) is 10.3 Å². The quantitative estimate of drug-likeness (QED) is 0.350. The van der Waals surface area contributed by atoms with Crippen molar-refractivity contribution in [3.05, 3.63) is 62.6 Å². The van der Waals surface area contributed by atoms with Crippen molar-refractivity contribution in [1.29, 1.82) is 0 Å². The summed E-state index contributed by atoms with van der Waals surface area (Å²) >= 11 is 1.52. The number of nitrogens with one attached hydrogen (secondary N) is 2. The molecule has 0 aliphatic rings. The number of aromatic amines is 1. The minimum absolute atomic E-state index is 0.0790. The molecule has 0 radical (unpaired) electrons. The molecule has 178 valence electrons. The van der Waals surface area contributed by atoms with E-state index in [2.05, 4.69) is 41.5 Å². The lowest BCUT2D eigenvalue weighted by molar-refractivity contribution is 0.0525. The van der Waals surface area contributed by atoms with Crippen LogP contribution in [-0.2, 0) is 4.74 Å². The molecular formula is C27H30N2O4S. The third-order valence-corrected chi connectivity index (χ3v) is 6.59. The number of methoxy groups -OCH3 is 1. The van der Waals surface area contributed by atoms with Gasteiger partial charge in [-0.1, -0.05) is 31.2 Å². The lowest BCUT2D eigenvalue weighted by Crippen LogP contribution is -2.34. The highest BCUT2D eigenvalue weighted by Gasteiger charge is 2.19. The van der Waals surface area contributed by atoms with E-state index in [0.717, 1.165) is 44.3 Å². The highest BCUT2D eigenvalue weighted by molar-refractivity contribution is 7.09. The molecule has 0 spiro atoms. The van der Waals surface area contributed by atoms with Gasteiger partial charge in [0.05, 0.1) is 18.0 Å². The molecule has 4 aromatic rings. The van der Waals surface area contributed by atoms with E-state index in [-0.39, 0.29) is 11.5 Å². The Labute approximate surface area is 202 Å². The first kappa shape index (κ1) is 23.8. The normalized spacial score (nSPS) is 12.6. The van der Waals surface area contributed by atoms with Crippen molar-refractivity contribution in [3.63, 3.8) is 0 Å². The average Bonchev–Trinajstić information content (AvgIpc) is 3.28. The third-order valence-electron chi connectivity index (χ3n) is 5.84. The first-order valence-corrected chi connectivity index (χ1v) is 12.2. The molecule has 2 aromatic heterocycles. The van der Waals surface area contributed by atoms with Crippen molar-refractivity contribution in [2.75, 3.05) is 13.7 Å². The van der Waals surface area contributed by atoms with Gasteiger partial charge in [0, 0.05) is 28.3 Å². The van der Waals surface area contributed by atoms with E-state index in [1.807, 2.05) is 44.5 Å². The summed E-state index contributed by atoms with van der Waals surface area (Å²) in [5.41, 5.74) is 4.23. The predicted octanol–water partition coefficient (Wildman–Crippen LogP) is 6.36. The fourth-order valence-electron chi connectivity index (χ4n) is 4.16. The number of rotatable bonds is 5. The summed E-state index contributed by atoms with van der Waals surface area (Å²) in [5.74, 6) is 0.870. The maximum atomic E-state index is 12.6. The van der Waals surface area contributed by atoms with E-state index in [0.29, 0.717) is 11.9 Å². The number of hydrogen-bond acceptors (Lipinski definition) is 5. The van der Waals surface area contributed by atoms with Crippen LogP contribution in [0, 0.1) is 6.92 Å². The molecule has 0 bridgehead atoms. The maximum absolute atomic E-state index is 12.6. The van der Waals surface area contributed by atoms with Gasteiger partial charge in [0.15, 0.2) is 0 Å². The number of carbonyl (C=O) groups excluding carboxylic acids is 1. The van der Waals surface area contributed by atoms with E-state index in [4.69, 9.17) is 9.47 Å². The Morgan fingerprint density at radius 3 is 2.47 bits per heavy atom. The number of H-pyrrole nitrogens is 1. The van der Waals surface area contributed by atoms with Crippen LogP contribution in [0.25, 0.3) is 32.8 Å². The number of aryl methyl sites for hydroxylation is 1. The van der Waals surface area contributed by atoms with Gasteiger partial charge in [-0.3, -0.25) is 4.79 Å². The fourth-order valence-corrected chi connectivity index (χ4v) is 4.98. The molecule has 1 unspecified atom stereocenters. The number of pyridine rings is 1. The van der Waals surface area contributed by atoms with E-state index >= 15 is 0 Å². The van der Waals surface area contributed by atoms with Crippen molar-refractivity contribution < 1.29 is 14.3 Å². The largest absolute Gasteiger partial charge is 0.496 e. The molecule has 0 aliphatic carbocycles. The standard InChI is InChI=1S/C27H30N2O4S/c1-15-11-21(32-6)22(23-19-13-34-14-20(19)25(30)29-24(15)23)18-9-7-17(8-10-18)16(2)12-28-26(31)33-27(3,4)5/h7-11,13-14,16H,12H2,1-6H3,(H,28,31)(H,29,30). The van der Waals surface area contributed by atoms with Gasteiger partial charge in [0.25, 0.3) is 5.56 Å². The zero-order valence-corrected chi connectivity index (χ0v) is 21.2. The molecule has 2 N–H and O–H groups in total. The highest BCUT2D eigenvalue weighted by Crippen LogP contribution is 2.41. The second-order valence-corrected chi connectivity index (χ2v) is 10.3. The van der Waals surface area contributed by atoms with Crippen LogP contribution in [-0.4, -0.2) is 30.3 Å². The molecule has 0 fully saturated rings. The number of benzene rings is 2. The molecule has 4 rings (SSSR count). The van der Waals surface area contributed by atoms with Crippen LogP contribution < -0.4 is 15.6 Å². The number of amides is 1. The summed E-state index contributed by atoms with van der Waals surface area (Å²) in [6.45, 7) is 10.0. The molecule has 1 atom stereocenters. The van der Waals surface area contributed by atoms with Gasteiger partial charge >= 0.3 is 6.09 Å². The van der Waals surface area contributed by atoms with Crippen LogP contribution in [0.5, 0.6) is 5.75 Å². The second-order valence-electron chi connectivity index (χ2n) is 9.58. The molecule has 34 heavy (non-hydrogen) atoms. The first-order chi connectivity index (χ1) is 16.1. The van der Waals surface area contributed by atoms with Crippen LogP contribution >= 0.6 is 11.3 Å². The van der Waals surface area contributed by atoms with Crippen LogP contribution in [0.15, 0.2) is 45.9 Å². The Bertz CT molecular complexity index is 1410. The first-order valence-electron chi connectivity index (χ1n) is 11.3. The Morgan fingerprint density at radius 1 is 1.15 bits per heavy atom. The summed E-state index contributed by atoms with van der Waals surface area (Å²) in [6.07, 6.45) is -0.416. The Hall–Kier alpha value is -3.32. The third kappa shape index (κ3) is 4.66. The molecule has 0 saturated heterocycles. The van der Waals surface area contributed by atoms with Gasteiger partial charge in [-0.25, -0.2) is 4.79 Å². The molecule has 0 aliphatic heterocycles. The van der Waals surface area contributed by atoms with Crippen LogP contribution in [0.2, 0.25) is 0 Å². The summed E-state index contributed by atoms with van der Waals surface area (Å²) in [4.78, 5) is 27.7. The van der Waals surface area contributed by atoms with Crippen molar-refractivity contribution in [2.45, 2.75) is 46.1 Å². The Kier molecular flexibility index (Phi) is 6.41. The summed E-state index contributed by atoms with van der Waals surface area (Å²) in [6, 6.07) is 10.2. The molecule has 6 nitrogen and oxygen atoms in total. The minimum atomic E-state index is -0.525. The molecular weight excluding hydrogens is 448 g/mol. The predicted molar refractivity (Wildman–Crippen MR) is 139 cm³/mol. The minimum Gasteiger partial charge on any atom is -0.496 e. The topological polar surface area (TPSA) is 80.4 Å². The van der Waals surface area contributed by atoms with Gasteiger partial charge in [0.1, 0.15) is 11.4 Å². The van der Waals surface area contributed by atoms with E-state index in [1.165, 1.54) is 11.3 Å². The smallest absolute Gasteiger partial charge is 0.407 e. The maximum Gasteiger partial charge on any atom is 0.407 e. The van der Waals surface area contributed by atoms with Crippen LogP contribution in [0.3, 0.4) is 0 Å². The number of aromatic nitrogens is 1. The van der Waals surface area contributed by atoms with E-state index in [1.54, 1.807) is 7.11 Å². The van der Waals surface area contributed by atoms with Gasteiger partial charge in [-0.15, -0.1) is 0 Å². The molecule has 7 heteroatoms. The van der Waals surface area contributed by atoms with E-state index in [9.17, 15) is 9.59 Å². The number of hydrogen-bond donors (Lipinski definition) is 2. The van der Waals surface area contributed by atoms with Gasteiger partial charge in [-0.2, -0.15) is 11.3 Å². The number of fused-ring (bicyclic) bond motifs is 3. The van der Waals surface area contributed by atoms with Gasteiger partial charge in [-0.05, 0) is 61.7 Å². The van der Waals surface area contributed by atoms with Crippen molar-refractivity contribution >= 4 is 39.1 Å². The number of thiophene rings is 1. The summed E-state index contributed by atoms with van der Waals surface area (Å²) < 4.78 is 11.1. The Balaban J connectivity index is 1.70. The van der Waals surface area contributed by atoms with Gasteiger partial charge < -0.3 is 19.8 Å². The zero-order valence-electron chi connectivity index (χ0n) is 20.4. The van der Waals surface area contributed by atoms with Crippen molar-refractivity contribution in [3.8, 4) is 16.9 Å². The fraction of sp³-hybridized carbons (Fsp3) is 0.333. The number of alkyl carbamates (subject to hydrolysis) is 1. The number of ether oxygens (including phenoxy) is 2. The molecule has 2 aromatic carbocycles. The monoisotopic (exact) mass is 478 g/mol. The molecule has 0 saturated carbocycles.